The van der Waals surface area contributed by atoms with Crippen LogP contribution in [0.1, 0.15) is 27.6 Å². The summed E-state index contributed by atoms with van der Waals surface area (Å²) in [5.41, 5.74) is 7.46. The molecule has 0 aliphatic carbocycles. The molecule has 0 radical (unpaired) electrons. The lowest BCUT2D eigenvalue weighted by molar-refractivity contribution is 0.0526. The number of carbonyl (C=O) groups is 2. The fourth-order valence-corrected chi connectivity index (χ4v) is 2.79. The molecule has 2 aromatic carbocycles. The summed E-state index contributed by atoms with van der Waals surface area (Å²) in [6.07, 6.45) is 0. The number of halogens is 1. The van der Waals surface area contributed by atoms with E-state index in [1.807, 2.05) is 0 Å². The lowest BCUT2D eigenvalue weighted by atomic mass is 10.0. The van der Waals surface area contributed by atoms with Crippen LogP contribution in [-0.2, 0) is 4.74 Å². The maximum absolute atomic E-state index is 11.7. The third-order valence-electron chi connectivity index (χ3n) is 3.94. The summed E-state index contributed by atoms with van der Waals surface area (Å²) in [4.78, 5) is 31.7. The van der Waals surface area contributed by atoms with Crippen molar-refractivity contribution in [3.63, 3.8) is 0 Å². The highest BCUT2D eigenvalue weighted by Gasteiger charge is 2.18. The molecular formula is C20H17ClN4O4. The third-order valence-corrected chi connectivity index (χ3v) is 4.31. The molecule has 0 aliphatic rings. The zero-order valence-electron chi connectivity index (χ0n) is 15.3. The number of hydrogen-bond donors (Lipinski definition) is 3. The lowest BCUT2D eigenvalue weighted by Crippen LogP contribution is -2.06. The first-order valence-electron chi connectivity index (χ1n) is 8.60. The minimum Gasteiger partial charge on any atom is -0.478 e. The van der Waals surface area contributed by atoms with Gasteiger partial charge in [-0.2, -0.15) is 4.98 Å². The van der Waals surface area contributed by atoms with Gasteiger partial charge in [-0.05, 0) is 37.3 Å². The van der Waals surface area contributed by atoms with Crippen molar-refractivity contribution in [1.82, 2.24) is 9.97 Å². The van der Waals surface area contributed by atoms with Crippen LogP contribution in [0, 0.1) is 0 Å². The highest BCUT2D eigenvalue weighted by Crippen LogP contribution is 2.33. The number of aromatic carboxylic acids is 1. The molecule has 0 saturated heterocycles. The van der Waals surface area contributed by atoms with Crippen LogP contribution < -0.4 is 11.1 Å². The molecule has 4 N–H and O–H groups in total. The van der Waals surface area contributed by atoms with Crippen molar-refractivity contribution in [1.29, 1.82) is 0 Å². The van der Waals surface area contributed by atoms with Crippen LogP contribution in [0.15, 0.2) is 48.5 Å². The van der Waals surface area contributed by atoms with Crippen molar-refractivity contribution in [2.24, 2.45) is 0 Å². The SMILES string of the molecule is CCOC(=O)c1ccc(Nc2nc(N)c(Cl)c(-c3ccccc3C(=O)O)n2)cc1. The average Bonchev–Trinajstić information content (AvgIpc) is 2.71. The highest BCUT2D eigenvalue weighted by molar-refractivity contribution is 6.35. The number of anilines is 3. The summed E-state index contributed by atoms with van der Waals surface area (Å²) >= 11 is 6.24. The highest BCUT2D eigenvalue weighted by atomic mass is 35.5. The molecule has 0 spiro atoms. The van der Waals surface area contributed by atoms with Gasteiger partial charge >= 0.3 is 11.9 Å². The van der Waals surface area contributed by atoms with E-state index in [0.29, 0.717) is 16.8 Å². The number of ether oxygens (including phenoxy) is 1. The van der Waals surface area contributed by atoms with Gasteiger partial charge in [-0.3, -0.25) is 0 Å². The summed E-state index contributed by atoms with van der Waals surface area (Å²) < 4.78 is 4.95. The van der Waals surface area contributed by atoms with Crippen LogP contribution in [0.25, 0.3) is 11.3 Å². The number of nitrogen functional groups attached to an aromatic ring is 1. The minimum absolute atomic E-state index is 0.00232. The van der Waals surface area contributed by atoms with Crippen LogP contribution >= 0.6 is 11.6 Å². The van der Waals surface area contributed by atoms with Gasteiger partial charge in [-0.1, -0.05) is 29.8 Å². The first-order chi connectivity index (χ1) is 13.9. The molecule has 0 aliphatic heterocycles. The quantitative estimate of drug-likeness (QED) is 0.518. The van der Waals surface area contributed by atoms with E-state index in [0.717, 1.165) is 0 Å². The predicted molar refractivity (Wildman–Crippen MR) is 110 cm³/mol. The van der Waals surface area contributed by atoms with Crippen molar-refractivity contribution < 1.29 is 19.4 Å². The summed E-state index contributed by atoms with van der Waals surface area (Å²) in [5.74, 6) is -1.40. The topological polar surface area (TPSA) is 127 Å². The van der Waals surface area contributed by atoms with Crippen molar-refractivity contribution >= 4 is 41.0 Å². The standard InChI is InChI=1S/C20H17ClN4O4/c1-2-29-19(28)11-7-9-12(10-8-11)23-20-24-16(15(21)17(22)25-20)13-5-3-4-6-14(13)18(26)27/h3-10H,2H2,1H3,(H,26,27)(H3,22,23,24,25). The second-order valence-corrected chi connectivity index (χ2v) is 6.25. The van der Waals surface area contributed by atoms with E-state index in [4.69, 9.17) is 22.1 Å². The predicted octanol–water partition coefficient (Wildman–Crippen LogP) is 4.00. The molecule has 0 saturated carbocycles. The van der Waals surface area contributed by atoms with E-state index < -0.39 is 11.9 Å². The number of carboxylic acid groups (broad SMARTS) is 1. The smallest absolute Gasteiger partial charge is 0.338 e. The van der Waals surface area contributed by atoms with E-state index in [-0.39, 0.29) is 34.7 Å². The van der Waals surface area contributed by atoms with Gasteiger partial charge in [0, 0.05) is 11.3 Å². The fourth-order valence-electron chi connectivity index (χ4n) is 2.61. The third kappa shape index (κ3) is 4.44. The number of carbonyl (C=O) groups excluding carboxylic acids is 1. The minimum atomic E-state index is -1.11. The maximum Gasteiger partial charge on any atom is 0.338 e. The summed E-state index contributed by atoms with van der Waals surface area (Å²) in [6, 6.07) is 12.8. The molecule has 3 rings (SSSR count). The molecule has 8 nitrogen and oxygen atoms in total. The van der Waals surface area contributed by atoms with Gasteiger partial charge in [0.05, 0.1) is 23.4 Å². The van der Waals surface area contributed by atoms with Gasteiger partial charge in [-0.15, -0.1) is 0 Å². The zero-order chi connectivity index (χ0) is 21.0. The Morgan fingerprint density at radius 1 is 1.14 bits per heavy atom. The Balaban J connectivity index is 1.95. The van der Waals surface area contributed by atoms with Crippen LogP contribution in [0.2, 0.25) is 5.02 Å². The van der Waals surface area contributed by atoms with Gasteiger partial charge in [0.25, 0.3) is 0 Å². The summed E-state index contributed by atoms with van der Waals surface area (Å²) in [6.45, 7) is 2.02. The van der Waals surface area contributed by atoms with Crippen LogP contribution in [-0.4, -0.2) is 33.6 Å². The number of carboxylic acids is 1. The van der Waals surface area contributed by atoms with Crippen LogP contribution in [0.3, 0.4) is 0 Å². The summed E-state index contributed by atoms with van der Waals surface area (Å²) in [7, 11) is 0. The number of benzene rings is 2. The fraction of sp³-hybridized carbons (Fsp3) is 0.100. The monoisotopic (exact) mass is 412 g/mol. The molecule has 148 valence electrons. The lowest BCUT2D eigenvalue weighted by Gasteiger charge is -2.12. The molecule has 1 aromatic heterocycles. The Bertz CT molecular complexity index is 1070. The number of aromatic nitrogens is 2. The van der Waals surface area contributed by atoms with Crippen molar-refractivity contribution in [2.45, 2.75) is 6.92 Å². The molecule has 3 aromatic rings. The molecule has 0 amide bonds. The molecular weight excluding hydrogens is 396 g/mol. The van der Waals surface area contributed by atoms with Gasteiger partial charge in [-0.25, -0.2) is 14.6 Å². The van der Waals surface area contributed by atoms with E-state index in [9.17, 15) is 14.7 Å². The molecule has 1 heterocycles. The molecule has 0 fully saturated rings. The van der Waals surface area contributed by atoms with E-state index in [2.05, 4.69) is 15.3 Å². The first-order valence-corrected chi connectivity index (χ1v) is 8.98. The normalized spacial score (nSPS) is 10.4. The Morgan fingerprint density at radius 3 is 2.48 bits per heavy atom. The van der Waals surface area contributed by atoms with Crippen LogP contribution in [0.5, 0.6) is 0 Å². The summed E-state index contributed by atoms with van der Waals surface area (Å²) in [5, 5.41) is 12.5. The second-order valence-electron chi connectivity index (χ2n) is 5.87. The van der Waals surface area contributed by atoms with Crippen molar-refractivity contribution in [2.75, 3.05) is 17.7 Å². The van der Waals surface area contributed by atoms with E-state index in [1.54, 1.807) is 49.4 Å². The first kappa shape index (κ1) is 20.1. The zero-order valence-corrected chi connectivity index (χ0v) is 16.1. The van der Waals surface area contributed by atoms with Crippen LogP contribution in [0.4, 0.5) is 17.5 Å². The van der Waals surface area contributed by atoms with Gasteiger partial charge in [0.15, 0.2) is 0 Å². The van der Waals surface area contributed by atoms with E-state index in [1.165, 1.54) is 6.07 Å². The molecule has 29 heavy (non-hydrogen) atoms. The second kappa shape index (κ2) is 8.57. The largest absolute Gasteiger partial charge is 0.478 e. The van der Waals surface area contributed by atoms with Crippen molar-refractivity contribution in [3.8, 4) is 11.3 Å². The number of rotatable bonds is 6. The number of esters is 1. The molecule has 9 heteroatoms. The van der Waals surface area contributed by atoms with Gasteiger partial charge < -0.3 is 20.9 Å². The van der Waals surface area contributed by atoms with E-state index >= 15 is 0 Å². The van der Waals surface area contributed by atoms with Crippen molar-refractivity contribution in [3.05, 3.63) is 64.7 Å². The number of hydrogen-bond acceptors (Lipinski definition) is 7. The Kier molecular flexibility index (Phi) is 5.94. The Hall–Kier alpha value is -3.65. The molecule has 0 atom stereocenters. The average molecular weight is 413 g/mol. The number of nitrogens with zero attached hydrogens (tertiary/aromatic N) is 2. The maximum atomic E-state index is 11.7. The van der Waals surface area contributed by atoms with Gasteiger partial charge in [0.1, 0.15) is 10.8 Å². The molecule has 0 unspecified atom stereocenters. The number of nitrogens with one attached hydrogen (secondary N) is 1. The number of nitrogens with two attached hydrogens (primary N) is 1. The molecule has 0 bridgehead atoms. The Labute approximate surface area is 171 Å². The Morgan fingerprint density at radius 2 is 1.83 bits per heavy atom. The van der Waals surface area contributed by atoms with Gasteiger partial charge in [0.2, 0.25) is 5.95 Å².